The number of hydrogen-bond donors (Lipinski definition) is 2. The molecule has 1 unspecified atom stereocenters. The quantitative estimate of drug-likeness (QED) is 0.459. The molecule has 2 fully saturated rings. The predicted molar refractivity (Wildman–Crippen MR) is 128 cm³/mol. The first-order chi connectivity index (χ1) is 16.5. The van der Waals surface area contributed by atoms with Gasteiger partial charge in [-0.15, -0.1) is 0 Å². The number of benzene rings is 1. The zero-order valence-electron chi connectivity index (χ0n) is 18.7. The number of nitrogens with one attached hydrogen (secondary N) is 1. The van der Waals surface area contributed by atoms with Gasteiger partial charge >= 0.3 is 0 Å². The Labute approximate surface area is 197 Å². The summed E-state index contributed by atoms with van der Waals surface area (Å²) in [7, 11) is 0. The van der Waals surface area contributed by atoms with Crippen molar-refractivity contribution in [3.8, 4) is 11.8 Å². The molecule has 2 aromatic heterocycles. The number of anilines is 1. The third-order valence-electron chi connectivity index (χ3n) is 6.11. The van der Waals surface area contributed by atoms with Crippen LogP contribution in [0.4, 0.5) is 5.82 Å². The van der Waals surface area contributed by atoms with Crippen LogP contribution in [0.3, 0.4) is 0 Å². The summed E-state index contributed by atoms with van der Waals surface area (Å²) >= 11 is 0. The van der Waals surface area contributed by atoms with E-state index < -0.39 is 0 Å². The van der Waals surface area contributed by atoms with Crippen LogP contribution in [0.15, 0.2) is 43.2 Å². The van der Waals surface area contributed by atoms with E-state index in [2.05, 4.69) is 33.7 Å². The number of likely N-dealkylation sites (tertiary alicyclic amines) is 1. The number of carbonyl (C=O) groups is 2. The molecule has 172 valence electrons. The molecule has 0 spiro atoms. The number of amides is 2. The molecule has 3 heterocycles. The minimum Gasteiger partial charge on any atom is -0.383 e. The number of carbonyl (C=O) groups excluding carboxylic acids is 2. The normalized spacial score (nSPS) is 17.6. The Kier molecular flexibility index (Phi) is 5.72. The average molecular weight is 456 g/mol. The highest BCUT2D eigenvalue weighted by Gasteiger charge is 2.27. The van der Waals surface area contributed by atoms with Gasteiger partial charge in [0.2, 0.25) is 5.91 Å². The molecule has 1 atom stereocenters. The lowest BCUT2D eigenvalue weighted by Crippen LogP contribution is -2.40. The molecule has 0 bridgehead atoms. The molecule has 0 radical (unpaired) electrons. The number of aromatic nitrogens is 4. The molecule has 1 saturated carbocycles. The topological polar surface area (TPSA) is 119 Å². The van der Waals surface area contributed by atoms with Crippen LogP contribution in [0, 0.1) is 11.8 Å². The van der Waals surface area contributed by atoms with Crippen molar-refractivity contribution in [1.82, 2.24) is 30.0 Å². The number of hydrogen-bond acceptors (Lipinski definition) is 6. The highest BCUT2D eigenvalue weighted by molar-refractivity contribution is 5.95. The van der Waals surface area contributed by atoms with Gasteiger partial charge in [-0.1, -0.05) is 18.6 Å². The van der Waals surface area contributed by atoms with Gasteiger partial charge in [0.25, 0.3) is 5.91 Å². The van der Waals surface area contributed by atoms with Crippen molar-refractivity contribution < 1.29 is 9.59 Å². The van der Waals surface area contributed by atoms with Crippen LogP contribution >= 0.6 is 0 Å². The predicted octanol–water partition coefficient (Wildman–Crippen LogP) is 2.05. The van der Waals surface area contributed by atoms with Crippen molar-refractivity contribution in [2.45, 2.75) is 37.8 Å². The SMILES string of the molecule is C=CC(=O)N1CCCC(n2nc(C#Cc3cccc(C(=O)NC4CC4)c3)c3c(N)ncnc32)C1. The molecule has 3 aromatic rings. The van der Waals surface area contributed by atoms with E-state index in [0.717, 1.165) is 25.7 Å². The van der Waals surface area contributed by atoms with Crippen LogP contribution < -0.4 is 11.1 Å². The highest BCUT2D eigenvalue weighted by Crippen LogP contribution is 2.28. The second-order valence-electron chi connectivity index (χ2n) is 8.61. The van der Waals surface area contributed by atoms with Crippen molar-refractivity contribution in [2.24, 2.45) is 0 Å². The smallest absolute Gasteiger partial charge is 0.251 e. The summed E-state index contributed by atoms with van der Waals surface area (Å²) in [4.78, 5) is 34.8. The maximum absolute atomic E-state index is 12.4. The number of nitrogens with two attached hydrogens (primary N) is 1. The van der Waals surface area contributed by atoms with Crippen LogP contribution in [-0.4, -0.2) is 55.6 Å². The number of fused-ring (bicyclic) bond motifs is 1. The molecular weight excluding hydrogens is 430 g/mol. The first-order valence-electron chi connectivity index (χ1n) is 11.4. The van der Waals surface area contributed by atoms with Gasteiger partial charge < -0.3 is 16.0 Å². The second-order valence-corrected chi connectivity index (χ2v) is 8.61. The van der Waals surface area contributed by atoms with Crippen molar-refractivity contribution in [3.05, 3.63) is 60.1 Å². The molecule has 2 aliphatic rings. The van der Waals surface area contributed by atoms with Gasteiger partial charge in [-0.05, 0) is 55.9 Å². The maximum Gasteiger partial charge on any atom is 0.251 e. The van der Waals surface area contributed by atoms with E-state index in [1.165, 1.54) is 12.4 Å². The number of rotatable bonds is 4. The minimum absolute atomic E-state index is 0.0561. The molecule has 1 aliphatic heterocycles. The van der Waals surface area contributed by atoms with Crippen LogP contribution in [0.25, 0.3) is 11.0 Å². The molecule has 9 nitrogen and oxygen atoms in total. The minimum atomic E-state index is -0.0964. The van der Waals surface area contributed by atoms with Crippen molar-refractivity contribution in [2.75, 3.05) is 18.8 Å². The van der Waals surface area contributed by atoms with Gasteiger partial charge in [-0.3, -0.25) is 9.59 Å². The van der Waals surface area contributed by atoms with E-state index in [1.807, 2.05) is 12.1 Å². The molecule has 34 heavy (non-hydrogen) atoms. The fourth-order valence-corrected chi connectivity index (χ4v) is 4.19. The van der Waals surface area contributed by atoms with E-state index in [0.29, 0.717) is 46.8 Å². The Balaban J connectivity index is 1.47. The molecule has 3 N–H and O–H groups in total. The van der Waals surface area contributed by atoms with Crippen LogP contribution in [0.2, 0.25) is 0 Å². The van der Waals surface area contributed by atoms with Crippen LogP contribution in [0.5, 0.6) is 0 Å². The molecule has 1 aliphatic carbocycles. The largest absolute Gasteiger partial charge is 0.383 e. The molecule has 1 aromatic carbocycles. The zero-order chi connectivity index (χ0) is 23.7. The molecule has 5 rings (SSSR count). The second kappa shape index (κ2) is 8.98. The lowest BCUT2D eigenvalue weighted by molar-refractivity contribution is -0.127. The van der Waals surface area contributed by atoms with Crippen molar-refractivity contribution in [1.29, 1.82) is 0 Å². The van der Waals surface area contributed by atoms with E-state index in [9.17, 15) is 9.59 Å². The van der Waals surface area contributed by atoms with Gasteiger partial charge in [0, 0.05) is 30.3 Å². The van der Waals surface area contributed by atoms with Crippen LogP contribution in [-0.2, 0) is 4.79 Å². The van der Waals surface area contributed by atoms with Crippen molar-refractivity contribution >= 4 is 28.7 Å². The summed E-state index contributed by atoms with van der Waals surface area (Å²) in [5.74, 6) is 6.31. The lowest BCUT2D eigenvalue weighted by atomic mass is 10.1. The first kappa shape index (κ1) is 21.6. The Hall–Kier alpha value is -4.19. The molecular formula is C25H25N7O2. The number of nitrogens with zero attached hydrogens (tertiary/aromatic N) is 5. The number of nitrogen functional groups attached to an aromatic ring is 1. The molecule has 1 saturated heterocycles. The van der Waals surface area contributed by atoms with Gasteiger partial charge in [-0.2, -0.15) is 5.10 Å². The summed E-state index contributed by atoms with van der Waals surface area (Å²) in [5, 5.41) is 8.31. The summed E-state index contributed by atoms with van der Waals surface area (Å²) in [6, 6.07) is 7.44. The Morgan fingerprint density at radius 1 is 1.21 bits per heavy atom. The fourth-order valence-electron chi connectivity index (χ4n) is 4.19. The van der Waals surface area contributed by atoms with Crippen LogP contribution in [0.1, 0.15) is 53.3 Å². The van der Waals surface area contributed by atoms with E-state index in [1.54, 1.807) is 21.7 Å². The lowest BCUT2D eigenvalue weighted by Gasteiger charge is -2.32. The van der Waals surface area contributed by atoms with Gasteiger partial charge in [0.15, 0.2) is 5.65 Å². The van der Waals surface area contributed by atoms with Gasteiger partial charge in [0.1, 0.15) is 17.8 Å². The fraction of sp³-hybridized carbons (Fsp3) is 0.320. The Morgan fingerprint density at radius 3 is 2.85 bits per heavy atom. The third kappa shape index (κ3) is 4.35. The summed E-state index contributed by atoms with van der Waals surface area (Å²) in [6.07, 6.45) is 6.51. The van der Waals surface area contributed by atoms with Crippen molar-refractivity contribution in [3.63, 3.8) is 0 Å². The number of piperidine rings is 1. The van der Waals surface area contributed by atoms with E-state index in [-0.39, 0.29) is 23.9 Å². The Bertz CT molecular complexity index is 1350. The zero-order valence-corrected chi connectivity index (χ0v) is 18.7. The summed E-state index contributed by atoms with van der Waals surface area (Å²) in [6.45, 7) is 4.79. The third-order valence-corrected chi connectivity index (χ3v) is 6.11. The average Bonchev–Trinajstić information content (AvgIpc) is 3.60. The summed E-state index contributed by atoms with van der Waals surface area (Å²) in [5.41, 5.74) is 8.51. The first-order valence-corrected chi connectivity index (χ1v) is 11.4. The maximum atomic E-state index is 12.4. The standard InChI is InChI=1S/C25H25N7O2/c1-2-21(33)31-12-4-7-19(14-31)32-24-22(23(26)27-15-28-24)20(30-32)11-8-16-5-3-6-17(13-16)25(34)29-18-9-10-18/h2-3,5-6,13,15,18-19H,1,4,7,9-10,12,14H2,(H,29,34)(H2,26,27,28). The Morgan fingerprint density at radius 2 is 2.06 bits per heavy atom. The molecule has 2 amide bonds. The van der Waals surface area contributed by atoms with Gasteiger partial charge in [-0.25, -0.2) is 14.6 Å². The van der Waals surface area contributed by atoms with E-state index in [4.69, 9.17) is 10.8 Å². The molecule has 9 heteroatoms. The van der Waals surface area contributed by atoms with E-state index >= 15 is 0 Å². The van der Waals surface area contributed by atoms with Gasteiger partial charge in [0.05, 0.1) is 11.4 Å². The highest BCUT2D eigenvalue weighted by atomic mass is 16.2. The monoisotopic (exact) mass is 455 g/mol. The summed E-state index contributed by atoms with van der Waals surface area (Å²) < 4.78 is 1.80.